The van der Waals surface area contributed by atoms with E-state index >= 15 is 0 Å². The van der Waals surface area contributed by atoms with Crippen LogP contribution in [0.3, 0.4) is 0 Å². The Balaban J connectivity index is 1.29. The van der Waals surface area contributed by atoms with Crippen molar-refractivity contribution in [2.75, 3.05) is 18.4 Å². The molecule has 2 aromatic heterocycles. The van der Waals surface area contributed by atoms with Crippen molar-refractivity contribution in [3.8, 4) is 11.6 Å². The van der Waals surface area contributed by atoms with Crippen molar-refractivity contribution in [3.05, 3.63) is 76.6 Å². The van der Waals surface area contributed by atoms with Crippen LogP contribution < -0.4 is 10.1 Å². The van der Waals surface area contributed by atoms with Gasteiger partial charge in [-0.25, -0.2) is 0 Å². The van der Waals surface area contributed by atoms with Crippen molar-refractivity contribution < 1.29 is 4.74 Å². The molecule has 0 saturated carbocycles. The third-order valence-corrected chi connectivity index (χ3v) is 6.63. The third kappa shape index (κ3) is 4.75. The minimum absolute atomic E-state index is 0.363. The van der Waals surface area contributed by atoms with Gasteiger partial charge in [0.05, 0.1) is 0 Å². The van der Waals surface area contributed by atoms with E-state index in [1.165, 1.54) is 23.0 Å². The van der Waals surface area contributed by atoms with Crippen LogP contribution in [0, 0.1) is 27.7 Å². The maximum atomic E-state index is 6.36. The van der Waals surface area contributed by atoms with Gasteiger partial charge in [0.25, 0.3) is 5.78 Å². The third-order valence-electron chi connectivity index (χ3n) is 6.63. The number of rotatable bonds is 6. The van der Waals surface area contributed by atoms with Gasteiger partial charge in [0.2, 0.25) is 5.88 Å². The zero-order chi connectivity index (χ0) is 23.7. The van der Waals surface area contributed by atoms with Crippen molar-refractivity contribution in [3.63, 3.8) is 0 Å². The average Bonchev–Trinajstić information content (AvgIpc) is 3.28. The van der Waals surface area contributed by atoms with Crippen LogP contribution in [0.2, 0.25) is 0 Å². The van der Waals surface area contributed by atoms with Gasteiger partial charge in [0.15, 0.2) is 0 Å². The minimum atomic E-state index is 0.363. The Morgan fingerprint density at radius 2 is 1.71 bits per heavy atom. The maximum absolute atomic E-state index is 6.36. The molecule has 1 aliphatic rings. The predicted molar refractivity (Wildman–Crippen MR) is 135 cm³/mol. The molecule has 1 fully saturated rings. The highest BCUT2D eigenvalue weighted by Crippen LogP contribution is 2.31. The number of hydrogen-bond donors (Lipinski definition) is 1. The van der Waals surface area contributed by atoms with Gasteiger partial charge >= 0.3 is 0 Å². The Labute approximate surface area is 200 Å². The molecule has 7 heteroatoms. The maximum Gasteiger partial charge on any atom is 0.257 e. The van der Waals surface area contributed by atoms with E-state index in [1.54, 1.807) is 4.52 Å². The molecule has 0 radical (unpaired) electrons. The number of aromatic nitrogens is 4. The summed E-state index contributed by atoms with van der Waals surface area (Å²) in [7, 11) is 0. The average molecular weight is 457 g/mol. The monoisotopic (exact) mass is 456 g/mol. The molecule has 0 aliphatic carbocycles. The van der Waals surface area contributed by atoms with Gasteiger partial charge in [0.1, 0.15) is 17.9 Å². The fourth-order valence-corrected chi connectivity index (χ4v) is 4.84. The highest BCUT2D eigenvalue weighted by molar-refractivity contribution is 5.50. The summed E-state index contributed by atoms with van der Waals surface area (Å²) in [5, 5.41) is 7.94. The molecule has 2 aromatic carbocycles. The summed E-state index contributed by atoms with van der Waals surface area (Å²) in [6.07, 6.45) is 3.65. The Bertz CT molecular complexity index is 1280. The lowest BCUT2D eigenvalue weighted by molar-refractivity contribution is 0.211. The molecule has 1 saturated heterocycles. The molecule has 0 unspecified atom stereocenters. The first-order valence-electron chi connectivity index (χ1n) is 12.0. The molecule has 0 atom stereocenters. The fraction of sp³-hybridized carbons (Fsp3) is 0.370. The number of nitrogens with zero attached hydrogens (tertiary/aromatic N) is 5. The normalized spacial score (nSPS) is 15.1. The molecule has 0 amide bonds. The predicted octanol–water partition coefficient (Wildman–Crippen LogP) is 5.23. The van der Waals surface area contributed by atoms with Crippen LogP contribution in [-0.2, 0) is 6.54 Å². The van der Waals surface area contributed by atoms with Crippen LogP contribution in [0.5, 0.6) is 11.6 Å². The molecule has 7 nitrogen and oxygen atoms in total. The number of likely N-dealkylation sites (tertiary alicyclic amines) is 1. The van der Waals surface area contributed by atoms with Crippen LogP contribution in [0.1, 0.15) is 40.7 Å². The number of fused-ring (bicyclic) bond motifs is 1. The lowest BCUT2D eigenvalue weighted by Crippen LogP contribution is -2.38. The fourth-order valence-electron chi connectivity index (χ4n) is 4.84. The first-order chi connectivity index (χ1) is 16.5. The zero-order valence-electron chi connectivity index (χ0n) is 20.4. The van der Waals surface area contributed by atoms with Crippen molar-refractivity contribution in [2.24, 2.45) is 0 Å². The molecule has 0 bridgehead atoms. The number of anilines is 1. The van der Waals surface area contributed by atoms with E-state index in [0.29, 0.717) is 17.7 Å². The molecule has 176 valence electrons. The van der Waals surface area contributed by atoms with Gasteiger partial charge in [-0.15, -0.1) is 0 Å². The lowest BCUT2D eigenvalue weighted by atomic mass is 10.0. The van der Waals surface area contributed by atoms with Crippen LogP contribution in [-0.4, -0.2) is 43.6 Å². The van der Waals surface area contributed by atoms with Gasteiger partial charge in [0, 0.05) is 31.7 Å². The van der Waals surface area contributed by atoms with E-state index in [-0.39, 0.29) is 0 Å². The molecular weight excluding hydrogens is 424 g/mol. The van der Waals surface area contributed by atoms with E-state index in [0.717, 1.165) is 55.2 Å². The summed E-state index contributed by atoms with van der Waals surface area (Å²) < 4.78 is 8.01. The molecule has 1 aliphatic heterocycles. The van der Waals surface area contributed by atoms with Crippen LogP contribution in [0.25, 0.3) is 5.78 Å². The first-order valence-corrected chi connectivity index (χ1v) is 12.0. The van der Waals surface area contributed by atoms with Gasteiger partial charge in [-0.3, -0.25) is 4.90 Å². The summed E-state index contributed by atoms with van der Waals surface area (Å²) in [6.45, 7) is 11.6. The van der Waals surface area contributed by atoms with Crippen LogP contribution in [0.15, 0.2) is 48.8 Å². The number of benzene rings is 2. The van der Waals surface area contributed by atoms with Crippen molar-refractivity contribution in [2.45, 2.75) is 53.1 Å². The highest BCUT2D eigenvalue weighted by atomic mass is 16.5. The summed E-state index contributed by atoms with van der Waals surface area (Å²) in [4.78, 5) is 11.5. The molecule has 34 heavy (non-hydrogen) atoms. The summed E-state index contributed by atoms with van der Waals surface area (Å²) in [6, 6.07) is 15.2. The van der Waals surface area contributed by atoms with E-state index in [4.69, 9.17) is 4.74 Å². The van der Waals surface area contributed by atoms with Gasteiger partial charge in [-0.05, 0) is 62.8 Å². The Hall–Kier alpha value is -3.45. The Kier molecular flexibility index (Phi) is 6.20. The number of piperidine rings is 1. The molecular formula is C27H32N6O. The van der Waals surface area contributed by atoms with Crippen molar-refractivity contribution >= 4 is 11.6 Å². The number of nitrogens with one attached hydrogen (secondary N) is 1. The standard InChI is InChI=1S/C27H32N6O/c1-18-13-20(3)26(21(4)14-18)34-25-15-24(31-27-28-17-29-33(25)27)30-23-9-11-32(12-10-23)16-22-8-6-5-7-19(22)2/h5-8,13-15,17,23H,9-12,16H2,1-4H3,(H,28,29,30,31). The first kappa shape index (κ1) is 22.3. The summed E-state index contributed by atoms with van der Waals surface area (Å²) >= 11 is 0. The quantitative estimate of drug-likeness (QED) is 0.429. The smallest absolute Gasteiger partial charge is 0.257 e. The number of hydrogen-bond acceptors (Lipinski definition) is 6. The van der Waals surface area contributed by atoms with Crippen molar-refractivity contribution in [1.82, 2.24) is 24.5 Å². The van der Waals surface area contributed by atoms with Gasteiger partial charge in [-0.2, -0.15) is 19.6 Å². The van der Waals surface area contributed by atoms with E-state index in [9.17, 15) is 0 Å². The minimum Gasteiger partial charge on any atom is -0.438 e. The highest BCUT2D eigenvalue weighted by Gasteiger charge is 2.21. The van der Waals surface area contributed by atoms with E-state index in [2.05, 4.69) is 89.4 Å². The largest absolute Gasteiger partial charge is 0.438 e. The lowest BCUT2D eigenvalue weighted by Gasteiger charge is -2.33. The van der Waals surface area contributed by atoms with Crippen molar-refractivity contribution in [1.29, 1.82) is 0 Å². The zero-order valence-corrected chi connectivity index (χ0v) is 20.4. The number of aryl methyl sites for hydroxylation is 4. The summed E-state index contributed by atoms with van der Waals surface area (Å²) in [5.41, 5.74) is 6.19. The van der Waals surface area contributed by atoms with Crippen LogP contribution >= 0.6 is 0 Å². The molecule has 4 aromatic rings. The molecule has 1 N–H and O–H groups in total. The van der Waals surface area contributed by atoms with Gasteiger partial charge in [-0.1, -0.05) is 42.0 Å². The second-order valence-electron chi connectivity index (χ2n) is 9.40. The van der Waals surface area contributed by atoms with E-state index in [1.807, 2.05) is 6.07 Å². The Morgan fingerprint density at radius 1 is 0.971 bits per heavy atom. The Morgan fingerprint density at radius 3 is 2.44 bits per heavy atom. The molecule has 3 heterocycles. The second-order valence-corrected chi connectivity index (χ2v) is 9.40. The number of ether oxygens (including phenoxy) is 1. The molecule has 5 rings (SSSR count). The molecule has 0 spiro atoms. The van der Waals surface area contributed by atoms with Crippen LogP contribution in [0.4, 0.5) is 5.82 Å². The topological polar surface area (TPSA) is 67.6 Å². The van der Waals surface area contributed by atoms with E-state index < -0.39 is 0 Å². The van der Waals surface area contributed by atoms with Gasteiger partial charge < -0.3 is 10.1 Å². The summed E-state index contributed by atoms with van der Waals surface area (Å²) in [5.74, 6) is 2.76. The SMILES string of the molecule is Cc1cc(C)c(Oc2cc(NC3CCN(Cc4ccccc4C)CC3)nc3ncnn23)c(C)c1. The second kappa shape index (κ2) is 9.43.